The molecule has 0 aliphatic heterocycles. The molecule has 2 heteroatoms. The lowest BCUT2D eigenvalue weighted by Gasteiger charge is -2.52. The average Bonchev–Trinajstić information content (AvgIpc) is 2.56. The lowest BCUT2D eigenvalue weighted by Crippen LogP contribution is -2.48. The molecule has 3 saturated carbocycles. The third kappa shape index (κ3) is 1.94. The second-order valence-electron chi connectivity index (χ2n) is 8.66. The van der Waals surface area contributed by atoms with Gasteiger partial charge < -0.3 is 4.74 Å². The number of fused-ring (bicyclic) bond motifs is 2. The highest BCUT2D eigenvalue weighted by Gasteiger charge is 2.64. The zero-order valence-electron chi connectivity index (χ0n) is 13.6. The first-order chi connectivity index (χ1) is 9.33. The van der Waals surface area contributed by atoms with Gasteiger partial charge in [-0.2, -0.15) is 0 Å². The predicted molar refractivity (Wildman–Crippen MR) is 80.3 cm³/mol. The fraction of sp³-hybridized carbons (Fsp3) is 0.944. The molecule has 0 heterocycles. The van der Waals surface area contributed by atoms with E-state index in [1.54, 1.807) is 0 Å². The molecule has 3 rings (SSSR count). The summed E-state index contributed by atoms with van der Waals surface area (Å²) in [4.78, 5) is 12.8. The number of carbonyl (C=O) groups excluding carboxylic acids is 1. The number of hydrogen-bond donors (Lipinski definition) is 0. The van der Waals surface area contributed by atoms with E-state index < -0.39 is 0 Å². The van der Waals surface area contributed by atoms with Gasteiger partial charge in [-0.1, -0.05) is 27.2 Å². The topological polar surface area (TPSA) is 26.3 Å². The Kier molecular flexibility index (Phi) is 3.23. The Bertz CT molecular complexity index is 414. The van der Waals surface area contributed by atoms with Crippen molar-refractivity contribution in [3.05, 3.63) is 0 Å². The van der Waals surface area contributed by atoms with E-state index in [1.807, 2.05) is 6.92 Å². The van der Waals surface area contributed by atoms with Crippen molar-refractivity contribution in [2.24, 2.45) is 28.1 Å². The number of ether oxygens (including phenoxy) is 1. The third-order valence-corrected chi connectivity index (χ3v) is 6.84. The Labute approximate surface area is 123 Å². The van der Waals surface area contributed by atoms with Gasteiger partial charge in [-0.25, -0.2) is 0 Å². The molecule has 3 aliphatic carbocycles. The molecule has 0 aromatic carbocycles. The van der Waals surface area contributed by atoms with Gasteiger partial charge >= 0.3 is 5.97 Å². The molecule has 2 bridgehead atoms. The van der Waals surface area contributed by atoms with Crippen molar-refractivity contribution in [3.63, 3.8) is 0 Å². The molecule has 3 aliphatic rings. The fourth-order valence-corrected chi connectivity index (χ4v) is 5.75. The van der Waals surface area contributed by atoms with Crippen molar-refractivity contribution in [2.45, 2.75) is 72.6 Å². The lowest BCUT2D eigenvalue weighted by molar-refractivity contribution is -0.165. The molecular weight excluding hydrogens is 248 g/mol. The van der Waals surface area contributed by atoms with Gasteiger partial charge in [0.05, 0.1) is 12.0 Å². The van der Waals surface area contributed by atoms with E-state index in [0.29, 0.717) is 23.4 Å². The number of rotatable bonds is 3. The van der Waals surface area contributed by atoms with E-state index in [-0.39, 0.29) is 11.4 Å². The average molecular weight is 278 g/mol. The van der Waals surface area contributed by atoms with Crippen LogP contribution in [0, 0.1) is 28.1 Å². The minimum Gasteiger partial charge on any atom is -0.466 e. The van der Waals surface area contributed by atoms with Crippen LogP contribution in [-0.2, 0) is 9.53 Å². The SMILES string of the molecule is CCOC(=O)C12CCCC(C)(CC1C1CCC1(C)C)C2. The second-order valence-corrected chi connectivity index (χ2v) is 8.66. The van der Waals surface area contributed by atoms with Crippen molar-refractivity contribution in [1.29, 1.82) is 0 Å². The van der Waals surface area contributed by atoms with E-state index in [0.717, 1.165) is 18.8 Å². The Morgan fingerprint density at radius 3 is 2.45 bits per heavy atom. The van der Waals surface area contributed by atoms with Gasteiger partial charge in [0.25, 0.3) is 0 Å². The molecule has 20 heavy (non-hydrogen) atoms. The molecule has 2 nitrogen and oxygen atoms in total. The molecule has 0 saturated heterocycles. The van der Waals surface area contributed by atoms with Gasteiger partial charge in [-0.05, 0) is 68.1 Å². The number of esters is 1. The van der Waals surface area contributed by atoms with E-state index in [9.17, 15) is 4.79 Å². The minimum atomic E-state index is -0.147. The van der Waals surface area contributed by atoms with Crippen molar-refractivity contribution in [1.82, 2.24) is 0 Å². The van der Waals surface area contributed by atoms with Gasteiger partial charge in [-0.15, -0.1) is 0 Å². The van der Waals surface area contributed by atoms with Crippen LogP contribution in [0.2, 0.25) is 0 Å². The summed E-state index contributed by atoms with van der Waals surface area (Å²) in [5.74, 6) is 1.42. The Morgan fingerprint density at radius 1 is 1.15 bits per heavy atom. The zero-order chi connectivity index (χ0) is 14.6. The van der Waals surface area contributed by atoms with Crippen molar-refractivity contribution in [2.75, 3.05) is 6.61 Å². The molecule has 0 aromatic heterocycles. The van der Waals surface area contributed by atoms with Gasteiger partial charge in [0.1, 0.15) is 0 Å². The van der Waals surface area contributed by atoms with E-state index in [4.69, 9.17) is 4.74 Å². The first-order valence-electron chi connectivity index (χ1n) is 8.50. The summed E-state index contributed by atoms with van der Waals surface area (Å²) in [5.41, 5.74) is 0.671. The van der Waals surface area contributed by atoms with Crippen LogP contribution in [0.1, 0.15) is 72.6 Å². The van der Waals surface area contributed by atoms with Crippen LogP contribution in [0.25, 0.3) is 0 Å². The summed E-state index contributed by atoms with van der Waals surface area (Å²) in [5, 5.41) is 0. The van der Waals surface area contributed by atoms with Crippen molar-refractivity contribution in [3.8, 4) is 0 Å². The maximum Gasteiger partial charge on any atom is 0.312 e. The van der Waals surface area contributed by atoms with Gasteiger partial charge in [0.2, 0.25) is 0 Å². The van der Waals surface area contributed by atoms with Crippen LogP contribution in [0.15, 0.2) is 0 Å². The Morgan fingerprint density at radius 2 is 1.90 bits per heavy atom. The normalized spacial score (nSPS) is 45.8. The molecular formula is C18H30O2. The van der Waals surface area contributed by atoms with Crippen LogP contribution >= 0.6 is 0 Å². The maximum atomic E-state index is 12.8. The van der Waals surface area contributed by atoms with Crippen molar-refractivity contribution < 1.29 is 9.53 Å². The van der Waals surface area contributed by atoms with Crippen LogP contribution < -0.4 is 0 Å². The van der Waals surface area contributed by atoms with Gasteiger partial charge in [-0.3, -0.25) is 4.79 Å². The summed E-state index contributed by atoms with van der Waals surface area (Å²) < 4.78 is 5.53. The summed E-state index contributed by atoms with van der Waals surface area (Å²) in [6.45, 7) is 9.66. The summed E-state index contributed by atoms with van der Waals surface area (Å²) in [6, 6.07) is 0. The van der Waals surface area contributed by atoms with E-state index in [1.165, 1.54) is 32.1 Å². The molecule has 3 fully saturated rings. The monoisotopic (exact) mass is 278 g/mol. The molecule has 4 atom stereocenters. The highest BCUT2D eigenvalue weighted by Crippen LogP contribution is 2.68. The quantitative estimate of drug-likeness (QED) is 0.707. The first-order valence-corrected chi connectivity index (χ1v) is 8.50. The zero-order valence-corrected chi connectivity index (χ0v) is 13.6. The van der Waals surface area contributed by atoms with Gasteiger partial charge in [0, 0.05) is 0 Å². The van der Waals surface area contributed by atoms with E-state index in [2.05, 4.69) is 20.8 Å². The molecule has 0 radical (unpaired) electrons. The van der Waals surface area contributed by atoms with Crippen molar-refractivity contribution >= 4 is 5.97 Å². The fourth-order valence-electron chi connectivity index (χ4n) is 5.75. The summed E-state index contributed by atoms with van der Waals surface area (Å²) in [6.07, 6.45) is 8.55. The molecule has 4 unspecified atom stereocenters. The smallest absolute Gasteiger partial charge is 0.312 e. The third-order valence-electron chi connectivity index (χ3n) is 6.84. The summed E-state index contributed by atoms with van der Waals surface area (Å²) in [7, 11) is 0. The molecule has 0 amide bonds. The molecule has 0 aromatic rings. The van der Waals surface area contributed by atoms with E-state index >= 15 is 0 Å². The minimum absolute atomic E-state index is 0.121. The molecule has 0 N–H and O–H groups in total. The highest BCUT2D eigenvalue weighted by molar-refractivity contribution is 5.78. The first kappa shape index (κ1) is 14.4. The maximum absolute atomic E-state index is 12.8. The standard InChI is InChI=1S/C18H30O2/c1-5-20-15(19)18-9-6-8-17(4,12-18)11-14(18)13-7-10-16(13,2)3/h13-14H,5-12H2,1-4H3. The molecule has 0 spiro atoms. The Balaban J connectivity index is 1.93. The molecule has 114 valence electrons. The van der Waals surface area contributed by atoms with Crippen LogP contribution in [-0.4, -0.2) is 12.6 Å². The Hall–Kier alpha value is -0.530. The van der Waals surface area contributed by atoms with Crippen LogP contribution in [0.3, 0.4) is 0 Å². The lowest BCUT2D eigenvalue weighted by atomic mass is 9.52. The number of carbonyl (C=O) groups is 1. The van der Waals surface area contributed by atoms with Gasteiger partial charge in [0.15, 0.2) is 0 Å². The van der Waals surface area contributed by atoms with Crippen LogP contribution in [0.5, 0.6) is 0 Å². The highest BCUT2D eigenvalue weighted by atomic mass is 16.5. The summed E-state index contributed by atoms with van der Waals surface area (Å²) >= 11 is 0. The van der Waals surface area contributed by atoms with Crippen LogP contribution in [0.4, 0.5) is 0 Å². The number of hydrogen-bond acceptors (Lipinski definition) is 2. The largest absolute Gasteiger partial charge is 0.466 e. The predicted octanol–water partition coefficient (Wildman–Crippen LogP) is 4.57. The second kappa shape index (κ2) is 4.48.